The molecule has 20 heavy (non-hydrogen) atoms. The Bertz CT molecular complexity index is 462. The Hall–Kier alpha value is -1.55. The van der Waals surface area contributed by atoms with E-state index in [9.17, 15) is 9.90 Å². The molecule has 110 valence electrons. The van der Waals surface area contributed by atoms with E-state index >= 15 is 0 Å². The highest BCUT2D eigenvalue weighted by atomic mass is 16.5. The van der Waals surface area contributed by atoms with E-state index < -0.39 is 0 Å². The molecule has 0 spiro atoms. The van der Waals surface area contributed by atoms with Crippen molar-refractivity contribution >= 4 is 5.78 Å². The normalized spacial score (nSPS) is 22.5. The van der Waals surface area contributed by atoms with Gasteiger partial charge in [0.25, 0.3) is 0 Å². The number of methoxy groups -OCH3 is 1. The predicted octanol–water partition coefficient (Wildman–Crippen LogP) is 2.77. The van der Waals surface area contributed by atoms with Crippen LogP contribution in [0.4, 0.5) is 0 Å². The monoisotopic (exact) mass is 278 g/mol. The van der Waals surface area contributed by atoms with Crippen LogP contribution in [0.1, 0.15) is 42.5 Å². The molecule has 1 aromatic carbocycles. The maximum Gasteiger partial charge on any atom is 0.166 e. The number of aromatic hydroxyl groups is 1. The molecule has 4 nitrogen and oxygen atoms in total. The molecule has 0 bridgehead atoms. The Morgan fingerprint density at radius 1 is 1.30 bits per heavy atom. The summed E-state index contributed by atoms with van der Waals surface area (Å²) in [6.07, 6.45) is 4.58. The molecule has 1 aliphatic carbocycles. The number of aliphatic hydroxyl groups is 1. The fourth-order valence-electron chi connectivity index (χ4n) is 2.97. The average Bonchev–Trinajstić information content (AvgIpc) is 2.47. The van der Waals surface area contributed by atoms with E-state index in [1.54, 1.807) is 12.1 Å². The largest absolute Gasteiger partial charge is 0.504 e. The molecule has 1 aliphatic rings. The van der Waals surface area contributed by atoms with Crippen LogP contribution in [0.25, 0.3) is 0 Å². The first-order valence-electron chi connectivity index (χ1n) is 7.17. The molecule has 2 N–H and O–H groups in total. The molecule has 0 amide bonds. The lowest BCUT2D eigenvalue weighted by atomic mass is 9.77. The van der Waals surface area contributed by atoms with Gasteiger partial charge in [0.1, 0.15) is 0 Å². The topological polar surface area (TPSA) is 66.8 Å². The van der Waals surface area contributed by atoms with E-state index in [0.29, 0.717) is 17.2 Å². The highest BCUT2D eigenvalue weighted by Gasteiger charge is 2.27. The molecule has 0 atom stereocenters. The molecular formula is C16H22O4. The minimum Gasteiger partial charge on any atom is -0.504 e. The van der Waals surface area contributed by atoms with Crippen LogP contribution in [0.15, 0.2) is 18.2 Å². The van der Waals surface area contributed by atoms with Crippen molar-refractivity contribution in [2.45, 2.75) is 32.1 Å². The van der Waals surface area contributed by atoms with E-state index in [0.717, 1.165) is 32.1 Å². The van der Waals surface area contributed by atoms with Gasteiger partial charge in [-0.2, -0.15) is 0 Å². The molecule has 0 radical (unpaired) electrons. The van der Waals surface area contributed by atoms with E-state index in [1.165, 1.54) is 13.2 Å². The highest BCUT2D eigenvalue weighted by molar-refractivity contribution is 5.98. The van der Waals surface area contributed by atoms with Gasteiger partial charge in [-0.15, -0.1) is 0 Å². The van der Waals surface area contributed by atoms with Crippen LogP contribution in [0, 0.1) is 11.8 Å². The van der Waals surface area contributed by atoms with Crippen molar-refractivity contribution in [2.24, 2.45) is 11.8 Å². The van der Waals surface area contributed by atoms with Crippen LogP contribution in [0.5, 0.6) is 11.5 Å². The van der Waals surface area contributed by atoms with Gasteiger partial charge >= 0.3 is 0 Å². The molecule has 1 saturated carbocycles. The first-order chi connectivity index (χ1) is 9.65. The standard InChI is InChI=1S/C16H22O4/c1-20-15-7-6-13(10-14(15)18)16(19)12-4-2-11(3-5-12)8-9-17/h6-7,10-12,17-18H,2-5,8-9H2,1H3/t11-,12-. The number of carbonyl (C=O) groups excluding carboxylic acids is 1. The molecule has 0 aromatic heterocycles. The molecule has 2 rings (SSSR count). The number of ketones is 1. The molecule has 1 aromatic rings. The fraction of sp³-hybridized carbons (Fsp3) is 0.562. The maximum absolute atomic E-state index is 12.4. The van der Waals surface area contributed by atoms with Gasteiger partial charge in [-0.05, 0) is 56.2 Å². The van der Waals surface area contributed by atoms with Gasteiger partial charge in [0.15, 0.2) is 17.3 Å². The summed E-state index contributed by atoms with van der Waals surface area (Å²) in [6.45, 7) is 0.232. The van der Waals surface area contributed by atoms with Crippen molar-refractivity contribution in [3.05, 3.63) is 23.8 Å². The number of phenols is 1. The predicted molar refractivity (Wildman–Crippen MR) is 76.1 cm³/mol. The number of hydrogen-bond donors (Lipinski definition) is 2. The van der Waals surface area contributed by atoms with E-state index in [4.69, 9.17) is 9.84 Å². The lowest BCUT2D eigenvalue weighted by Gasteiger charge is -2.27. The van der Waals surface area contributed by atoms with Gasteiger partial charge in [0.05, 0.1) is 7.11 Å². The maximum atomic E-state index is 12.4. The van der Waals surface area contributed by atoms with Crippen LogP contribution in [-0.2, 0) is 0 Å². The molecule has 0 unspecified atom stereocenters. The summed E-state index contributed by atoms with van der Waals surface area (Å²) in [5.41, 5.74) is 0.550. The van der Waals surface area contributed by atoms with Gasteiger partial charge in [-0.25, -0.2) is 0 Å². The molecule has 0 aliphatic heterocycles. The van der Waals surface area contributed by atoms with E-state index in [-0.39, 0.29) is 24.1 Å². The van der Waals surface area contributed by atoms with Gasteiger partial charge in [0.2, 0.25) is 0 Å². The summed E-state index contributed by atoms with van der Waals surface area (Å²) in [5.74, 6) is 1.08. The summed E-state index contributed by atoms with van der Waals surface area (Å²) in [4.78, 5) is 12.4. The lowest BCUT2D eigenvalue weighted by molar-refractivity contribution is 0.0864. The third-order valence-corrected chi connectivity index (χ3v) is 4.22. The molecule has 4 heteroatoms. The summed E-state index contributed by atoms with van der Waals surface area (Å²) >= 11 is 0. The summed E-state index contributed by atoms with van der Waals surface area (Å²) < 4.78 is 4.98. The summed E-state index contributed by atoms with van der Waals surface area (Å²) in [5, 5.41) is 18.7. The van der Waals surface area contributed by atoms with Gasteiger partial charge in [-0.1, -0.05) is 0 Å². The van der Waals surface area contributed by atoms with E-state index in [2.05, 4.69) is 0 Å². The first kappa shape index (κ1) is 14.9. The minimum atomic E-state index is 0.00677. The van der Waals surface area contributed by atoms with Gasteiger partial charge in [-0.3, -0.25) is 4.79 Å². The Labute approximate surface area is 119 Å². The van der Waals surface area contributed by atoms with Crippen LogP contribution in [0.2, 0.25) is 0 Å². The SMILES string of the molecule is COc1ccc(C(=O)[C@H]2CC[C@H](CCO)CC2)cc1O. The molecule has 1 fully saturated rings. The second-order valence-electron chi connectivity index (χ2n) is 5.48. The Kier molecular flexibility index (Phi) is 5.01. The third-order valence-electron chi connectivity index (χ3n) is 4.22. The van der Waals surface area contributed by atoms with Crippen LogP contribution < -0.4 is 4.74 Å². The fourth-order valence-corrected chi connectivity index (χ4v) is 2.97. The Balaban J connectivity index is 2.00. The quantitative estimate of drug-likeness (QED) is 0.813. The van der Waals surface area contributed by atoms with Crippen LogP contribution >= 0.6 is 0 Å². The number of benzene rings is 1. The van der Waals surface area contributed by atoms with Crippen molar-refractivity contribution < 1.29 is 19.7 Å². The number of carbonyl (C=O) groups is 1. The van der Waals surface area contributed by atoms with Crippen molar-refractivity contribution in [3.8, 4) is 11.5 Å². The van der Waals surface area contributed by atoms with E-state index in [1.807, 2.05) is 0 Å². The average molecular weight is 278 g/mol. The summed E-state index contributed by atoms with van der Waals surface area (Å²) in [6, 6.07) is 4.82. The summed E-state index contributed by atoms with van der Waals surface area (Å²) in [7, 11) is 1.49. The van der Waals surface area contributed by atoms with Crippen molar-refractivity contribution in [2.75, 3.05) is 13.7 Å². The van der Waals surface area contributed by atoms with Gasteiger partial charge < -0.3 is 14.9 Å². The van der Waals surface area contributed by atoms with Crippen molar-refractivity contribution in [1.82, 2.24) is 0 Å². The lowest BCUT2D eigenvalue weighted by Crippen LogP contribution is -2.22. The molecule has 0 heterocycles. The van der Waals surface area contributed by atoms with Crippen LogP contribution in [-0.4, -0.2) is 29.7 Å². The highest BCUT2D eigenvalue weighted by Crippen LogP contribution is 2.34. The van der Waals surface area contributed by atoms with Crippen LogP contribution in [0.3, 0.4) is 0 Å². The van der Waals surface area contributed by atoms with Crippen molar-refractivity contribution in [3.63, 3.8) is 0 Å². The number of hydrogen-bond acceptors (Lipinski definition) is 4. The molecule has 0 saturated heterocycles. The second kappa shape index (κ2) is 6.75. The minimum absolute atomic E-state index is 0.00677. The zero-order chi connectivity index (χ0) is 14.5. The van der Waals surface area contributed by atoms with Crippen molar-refractivity contribution in [1.29, 1.82) is 0 Å². The smallest absolute Gasteiger partial charge is 0.166 e. The second-order valence-corrected chi connectivity index (χ2v) is 5.48. The molecular weight excluding hydrogens is 256 g/mol. The first-order valence-corrected chi connectivity index (χ1v) is 7.17. The number of Topliss-reactive ketones (excluding diaryl/α,β-unsaturated/α-hetero) is 1. The number of phenolic OH excluding ortho intramolecular Hbond substituents is 1. The third kappa shape index (κ3) is 3.31. The Morgan fingerprint density at radius 2 is 2.00 bits per heavy atom. The number of ether oxygens (including phenoxy) is 1. The Morgan fingerprint density at radius 3 is 2.55 bits per heavy atom. The zero-order valence-electron chi connectivity index (χ0n) is 11.8. The van der Waals surface area contributed by atoms with Gasteiger partial charge in [0, 0.05) is 18.1 Å². The zero-order valence-corrected chi connectivity index (χ0v) is 11.8. The number of aliphatic hydroxyl groups excluding tert-OH is 1. The number of rotatable bonds is 5.